The van der Waals surface area contributed by atoms with E-state index < -0.39 is 10.0 Å². The molecule has 0 aliphatic heterocycles. The van der Waals surface area contributed by atoms with Crippen molar-refractivity contribution in [3.8, 4) is 0 Å². The van der Waals surface area contributed by atoms with Gasteiger partial charge in [-0.25, -0.2) is 8.42 Å². The highest BCUT2D eigenvalue weighted by Gasteiger charge is 2.34. The van der Waals surface area contributed by atoms with Gasteiger partial charge in [0.2, 0.25) is 0 Å². The van der Waals surface area contributed by atoms with Gasteiger partial charge in [-0.15, -0.1) is 11.3 Å². The number of benzene rings is 2. The maximum atomic E-state index is 13.5. The number of rotatable bonds is 5. The lowest BCUT2D eigenvalue weighted by Gasteiger charge is -2.33. The highest BCUT2D eigenvalue weighted by molar-refractivity contribution is 7.93. The number of carbonyl (C=O) groups excluding carboxylic acids is 1. The minimum Gasteiger partial charge on any atom is -0.322 e. The van der Waals surface area contributed by atoms with Crippen molar-refractivity contribution in [3.05, 3.63) is 75.7 Å². The fraction of sp³-hybridized carbons (Fsp3) is 0.370. The van der Waals surface area contributed by atoms with Crippen LogP contribution in [0.3, 0.4) is 0 Å². The van der Waals surface area contributed by atoms with Crippen LogP contribution in [-0.4, -0.2) is 14.3 Å². The number of carbonyl (C=O) groups is 1. The van der Waals surface area contributed by atoms with Gasteiger partial charge in [0, 0.05) is 10.6 Å². The molecule has 1 aliphatic carbocycles. The van der Waals surface area contributed by atoms with Crippen molar-refractivity contribution in [2.75, 3.05) is 10.0 Å². The van der Waals surface area contributed by atoms with Crippen LogP contribution < -0.4 is 10.0 Å². The highest BCUT2D eigenvalue weighted by atomic mass is 32.2. The van der Waals surface area contributed by atoms with Crippen LogP contribution in [0.1, 0.15) is 59.1 Å². The highest BCUT2D eigenvalue weighted by Crippen LogP contribution is 2.45. The summed E-state index contributed by atoms with van der Waals surface area (Å²) in [5, 5.41) is 3.36. The number of anilines is 2. The quantitative estimate of drug-likeness (QED) is 0.419. The molecule has 1 heterocycles. The molecular weight excluding hydrogens is 464 g/mol. The number of aryl methyl sites for hydroxylation is 2. The molecule has 0 spiro atoms. The van der Waals surface area contributed by atoms with E-state index >= 15 is 0 Å². The van der Waals surface area contributed by atoms with E-state index in [1.165, 1.54) is 11.3 Å². The molecule has 34 heavy (non-hydrogen) atoms. The van der Waals surface area contributed by atoms with Crippen molar-refractivity contribution >= 4 is 38.0 Å². The van der Waals surface area contributed by atoms with E-state index in [0.29, 0.717) is 22.2 Å². The van der Waals surface area contributed by atoms with Gasteiger partial charge in [0.1, 0.15) is 5.00 Å². The molecule has 1 amide bonds. The van der Waals surface area contributed by atoms with Crippen LogP contribution in [0.4, 0.5) is 10.7 Å². The van der Waals surface area contributed by atoms with Gasteiger partial charge >= 0.3 is 0 Å². The average Bonchev–Trinajstić information content (AvgIpc) is 3.11. The summed E-state index contributed by atoms with van der Waals surface area (Å²) in [7, 11) is -3.83. The maximum absolute atomic E-state index is 13.5. The Balaban J connectivity index is 1.72. The van der Waals surface area contributed by atoms with Gasteiger partial charge in [0.15, 0.2) is 0 Å². The SMILES string of the molecule is Cc1ccc(NC(=O)c2c(NS(=O)(=O)c3ccc(C)cc3)sc3c2CC[C@H](C(C)(C)C)C3)cc1. The third kappa shape index (κ3) is 5.20. The first-order valence-corrected chi connectivity index (χ1v) is 13.9. The van der Waals surface area contributed by atoms with Gasteiger partial charge in [0.05, 0.1) is 10.5 Å². The van der Waals surface area contributed by atoms with Crippen LogP contribution in [-0.2, 0) is 22.9 Å². The summed E-state index contributed by atoms with van der Waals surface area (Å²) >= 11 is 1.40. The Morgan fingerprint density at radius 1 is 0.971 bits per heavy atom. The van der Waals surface area contributed by atoms with Crippen LogP contribution in [0, 0.1) is 25.2 Å². The van der Waals surface area contributed by atoms with Crippen LogP contribution in [0.5, 0.6) is 0 Å². The van der Waals surface area contributed by atoms with Gasteiger partial charge in [-0.2, -0.15) is 0 Å². The third-order valence-corrected chi connectivity index (χ3v) is 9.25. The molecular formula is C27H32N2O3S2. The number of nitrogens with one attached hydrogen (secondary N) is 2. The summed E-state index contributed by atoms with van der Waals surface area (Å²) in [4.78, 5) is 14.7. The summed E-state index contributed by atoms with van der Waals surface area (Å²) in [6.07, 6.45) is 2.58. The van der Waals surface area contributed by atoms with Crippen molar-refractivity contribution in [1.29, 1.82) is 0 Å². The van der Waals surface area contributed by atoms with E-state index in [9.17, 15) is 13.2 Å². The van der Waals surface area contributed by atoms with Crippen molar-refractivity contribution in [3.63, 3.8) is 0 Å². The molecule has 0 radical (unpaired) electrons. The minimum atomic E-state index is -3.83. The predicted molar refractivity (Wildman–Crippen MR) is 140 cm³/mol. The van der Waals surface area contributed by atoms with E-state index in [0.717, 1.165) is 40.8 Å². The smallest absolute Gasteiger partial charge is 0.262 e. The number of hydrogen-bond donors (Lipinski definition) is 2. The standard InChI is InChI=1S/C27H32N2O3S2/c1-17-6-11-20(12-7-17)28-25(30)24-22-15-10-19(27(3,4)5)16-23(22)33-26(24)29-34(31,32)21-13-8-18(2)9-14-21/h6-9,11-14,19,29H,10,15-16H2,1-5H3,(H,28,30)/t19-/m0/s1. The molecule has 0 saturated heterocycles. The van der Waals surface area contributed by atoms with Crippen molar-refractivity contribution in [2.45, 2.75) is 58.8 Å². The summed E-state index contributed by atoms with van der Waals surface area (Å²) in [6, 6.07) is 14.3. The molecule has 2 aromatic carbocycles. The zero-order valence-corrected chi connectivity index (χ0v) is 22.0. The van der Waals surface area contributed by atoms with Gasteiger partial charge in [0.25, 0.3) is 15.9 Å². The van der Waals surface area contributed by atoms with E-state index in [2.05, 4.69) is 30.8 Å². The van der Waals surface area contributed by atoms with Crippen molar-refractivity contribution in [1.82, 2.24) is 0 Å². The Hall–Kier alpha value is -2.64. The van der Waals surface area contributed by atoms with Gasteiger partial charge in [-0.3, -0.25) is 9.52 Å². The Kier molecular flexibility index (Phi) is 6.62. The predicted octanol–water partition coefficient (Wildman–Crippen LogP) is 6.57. The zero-order valence-electron chi connectivity index (χ0n) is 20.4. The first kappa shape index (κ1) is 24.5. The topological polar surface area (TPSA) is 75.3 Å². The van der Waals surface area contributed by atoms with Crippen LogP contribution >= 0.6 is 11.3 Å². The summed E-state index contributed by atoms with van der Waals surface area (Å²) in [6.45, 7) is 10.6. The Bertz CT molecular complexity index is 1300. The van der Waals surface area contributed by atoms with E-state index in [4.69, 9.17) is 0 Å². The van der Waals surface area contributed by atoms with Crippen LogP contribution in [0.15, 0.2) is 53.4 Å². The molecule has 1 atom stereocenters. The molecule has 180 valence electrons. The molecule has 0 bridgehead atoms. The number of hydrogen-bond acceptors (Lipinski definition) is 4. The van der Waals surface area contributed by atoms with Gasteiger partial charge < -0.3 is 5.32 Å². The first-order valence-electron chi connectivity index (χ1n) is 11.6. The second kappa shape index (κ2) is 9.19. The molecule has 0 unspecified atom stereocenters. The molecule has 2 N–H and O–H groups in total. The Morgan fingerprint density at radius 3 is 2.15 bits per heavy atom. The summed E-state index contributed by atoms with van der Waals surface area (Å²) in [5.74, 6) is 0.199. The Morgan fingerprint density at radius 2 is 1.56 bits per heavy atom. The molecule has 0 fully saturated rings. The largest absolute Gasteiger partial charge is 0.322 e. The molecule has 4 rings (SSSR count). The molecule has 3 aromatic rings. The lowest BCUT2D eigenvalue weighted by atomic mass is 9.72. The average molecular weight is 497 g/mol. The monoisotopic (exact) mass is 496 g/mol. The second-order valence-electron chi connectivity index (χ2n) is 10.3. The molecule has 1 aliphatic rings. The first-order chi connectivity index (χ1) is 15.9. The third-order valence-electron chi connectivity index (χ3n) is 6.58. The second-order valence-corrected chi connectivity index (χ2v) is 13.0. The van der Waals surface area contributed by atoms with E-state index in [-0.39, 0.29) is 16.2 Å². The fourth-order valence-electron chi connectivity index (χ4n) is 4.37. The Labute approximate surface area is 206 Å². The van der Waals surface area contributed by atoms with Crippen LogP contribution in [0.2, 0.25) is 0 Å². The van der Waals surface area contributed by atoms with E-state index in [1.807, 2.05) is 38.1 Å². The molecule has 5 nitrogen and oxygen atoms in total. The number of thiophene rings is 1. The van der Waals surface area contributed by atoms with Crippen LogP contribution in [0.25, 0.3) is 0 Å². The molecule has 0 saturated carbocycles. The normalized spacial score (nSPS) is 16.1. The van der Waals surface area contributed by atoms with Crippen molar-refractivity contribution in [2.24, 2.45) is 11.3 Å². The summed E-state index contributed by atoms with van der Waals surface area (Å²) < 4.78 is 29.1. The lowest BCUT2D eigenvalue weighted by Crippen LogP contribution is -2.27. The fourth-order valence-corrected chi connectivity index (χ4v) is 7.00. The molecule has 1 aromatic heterocycles. The minimum absolute atomic E-state index is 0.146. The maximum Gasteiger partial charge on any atom is 0.262 e. The lowest BCUT2D eigenvalue weighted by molar-refractivity contribution is 0.102. The number of sulfonamides is 1. The zero-order chi connectivity index (χ0) is 24.7. The number of amides is 1. The van der Waals surface area contributed by atoms with Gasteiger partial charge in [-0.05, 0) is 74.3 Å². The van der Waals surface area contributed by atoms with E-state index in [1.54, 1.807) is 24.3 Å². The number of fused-ring (bicyclic) bond motifs is 1. The molecule has 7 heteroatoms. The summed E-state index contributed by atoms with van der Waals surface area (Å²) in [5.41, 5.74) is 4.34. The van der Waals surface area contributed by atoms with Gasteiger partial charge in [-0.1, -0.05) is 56.2 Å². The van der Waals surface area contributed by atoms with Crippen molar-refractivity contribution < 1.29 is 13.2 Å².